The molecule has 0 radical (unpaired) electrons. The molecule has 0 spiro atoms. The number of fused-ring (bicyclic) bond motifs is 1. The van der Waals surface area contributed by atoms with Crippen LogP contribution in [0.25, 0.3) is 10.2 Å². The van der Waals surface area contributed by atoms with Gasteiger partial charge in [0, 0.05) is 19.2 Å². The molecule has 0 aliphatic rings. The molecule has 9 nitrogen and oxygen atoms in total. The maximum Gasteiger partial charge on any atom is 0.338 e. The SMILES string of the molecule is CCOCCn1c(=NC(=O)c2ccccc2[N+](=O)[O-])sc2cc(C(=O)OCC)ccc21. The van der Waals surface area contributed by atoms with Crippen molar-refractivity contribution in [2.75, 3.05) is 19.8 Å². The number of benzene rings is 2. The standard InChI is InChI=1S/C21H21N3O6S/c1-3-29-12-11-23-17-10-9-14(20(26)30-4-2)13-18(17)31-21(23)22-19(25)15-7-5-6-8-16(15)24(27)28/h5-10,13H,3-4,11-12H2,1-2H3. The highest BCUT2D eigenvalue weighted by Crippen LogP contribution is 2.21. The minimum absolute atomic E-state index is 0.0893. The third kappa shape index (κ3) is 5.04. The van der Waals surface area contributed by atoms with Gasteiger partial charge in [-0.3, -0.25) is 14.9 Å². The number of thiazole rings is 1. The number of carbonyl (C=O) groups excluding carboxylic acids is 2. The Hall–Kier alpha value is -3.37. The summed E-state index contributed by atoms with van der Waals surface area (Å²) in [6.45, 7) is 5.24. The molecule has 31 heavy (non-hydrogen) atoms. The van der Waals surface area contributed by atoms with Crippen molar-refractivity contribution in [2.24, 2.45) is 4.99 Å². The van der Waals surface area contributed by atoms with Gasteiger partial charge in [-0.15, -0.1) is 0 Å². The van der Waals surface area contributed by atoms with Crippen molar-refractivity contribution in [2.45, 2.75) is 20.4 Å². The molecule has 0 saturated heterocycles. The van der Waals surface area contributed by atoms with Gasteiger partial charge < -0.3 is 14.0 Å². The average Bonchev–Trinajstić information content (AvgIpc) is 3.10. The molecular weight excluding hydrogens is 422 g/mol. The van der Waals surface area contributed by atoms with Crippen LogP contribution in [0, 0.1) is 10.1 Å². The number of hydrogen-bond acceptors (Lipinski definition) is 7. The Morgan fingerprint density at radius 3 is 2.65 bits per heavy atom. The molecule has 0 atom stereocenters. The molecule has 0 unspecified atom stereocenters. The smallest absolute Gasteiger partial charge is 0.338 e. The lowest BCUT2D eigenvalue weighted by molar-refractivity contribution is -0.385. The summed E-state index contributed by atoms with van der Waals surface area (Å²) in [6.07, 6.45) is 0. The number of amides is 1. The lowest BCUT2D eigenvalue weighted by atomic mass is 10.2. The Balaban J connectivity index is 2.10. The van der Waals surface area contributed by atoms with E-state index in [-0.39, 0.29) is 17.9 Å². The van der Waals surface area contributed by atoms with E-state index < -0.39 is 16.8 Å². The fourth-order valence-corrected chi connectivity index (χ4v) is 4.07. The maximum atomic E-state index is 12.8. The van der Waals surface area contributed by atoms with E-state index >= 15 is 0 Å². The lowest BCUT2D eigenvalue weighted by Gasteiger charge is -2.06. The van der Waals surface area contributed by atoms with Crippen LogP contribution in [0.15, 0.2) is 47.5 Å². The number of nitrogens with zero attached hydrogens (tertiary/aromatic N) is 3. The molecule has 0 bridgehead atoms. The van der Waals surface area contributed by atoms with Crippen LogP contribution >= 0.6 is 11.3 Å². The molecule has 0 aliphatic heterocycles. The highest BCUT2D eigenvalue weighted by atomic mass is 32.1. The van der Waals surface area contributed by atoms with Crippen LogP contribution in [0.3, 0.4) is 0 Å². The number of hydrogen-bond donors (Lipinski definition) is 0. The summed E-state index contributed by atoms with van der Waals surface area (Å²) in [5.74, 6) is -1.15. The zero-order valence-corrected chi connectivity index (χ0v) is 17.9. The minimum atomic E-state index is -0.713. The summed E-state index contributed by atoms with van der Waals surface area (Å²) >= 11 is 1.21. The van der Waals surface area contributed by atoms with Gasteiger partial charge >= 0.3 is 5.97 Å². The molecule has 0 fully saturated rings. The molecule has 3 aromatic rings. The molecule has 1 aromatic heterocycles. The molecule has 162 valence electrons. The van der Waals surface area contributed by atoms with Crippen molar-refractivity contribution in [3.8, 4) is 0 Å². The number of nitro benzene ring substituents is 1. The third-order valence-corrected chi connectivity index (χ3v) is 5.43. The quantitative estimate of drug-likeness (QED) is 0.228. The summed E-state index contributed by atoms with van der Waals surface area (Å²) < 4.78 is 13.0. The number of nitro groups is 1. The third-order valence-electron chi connectivity index (χ3n) is 4.39. The van der Waals surface area contributed by atoms with Crippen molar-refractivity contribution in [1.29, 1.82) is 0 Å². The van der Waals surface area contributed by atoms with Crippen LogP contribution in [-0.2, 0) is 16.0 Å². The number of rotatable bonds is 8. The van der Waals surface area contributed by atoms with E-state index in [1.807, 2.05) is 6.92 Å². The van der Waals surface area contributed by atoms with Gasteiger partial charge in [0.25, 0.3) is 11.6 Å². The van der Waals surface area contributed by atoms with E-state index in [1.165, 1.54) is 29.5 Å². The number of para-hydroxylation sites is 1. The topological polar surface area (TPSA) is 113 Å². The lowest BCUT2D eigenvalue weighted by Crippen LogP contribution is -2.20. The van der Waals surface area contributed by atoms with Gasteiger partial charge in [0.05, 0.1) is 33.9 Å². The molecule has 0 saturated carbocycles. The minimum Gasteiger partial charge on any atom is -0.462 e. The Kier molecular flexibility index (Phi) is 7.27. The predicted molar refractivity (Wildman–Crippen MR) is 115 cm³/mol. The summed E-state index contributed by atoms with van der Waals surface area (Å²) in [4.78, 5) is 40.0. The molecular formula is C21H21N3O6S. The summed E-state index contributed by atoms with van der Waals surface area (Å²) in [6, 6.07) is 10.8. The van der Waals surface area contributed by atoms with Gasteiger partial charge in [-0.05, 0) is 38.1 Å². The van der Waals surface area contributed by atoms with Gasteiger partial charge in [0.1, 0.15) is 5.56 Å². The van der Waals surface area contributed by atoms with Gasteiger partial charge in [-0.1, -0.05) is 23.5 Å². The van der Waals surface area contributed by atoms with E-state index in [4.69, 9.17) is 9.47 Å². The number of esters is 1. The molecule has 1 heterocycles. The Morgan fingerprint density at radius 2 is 1.94 bits per heavy atom. The Morgan fingerprint density at radius 1 is 1.16 bits per heavy atom. The summed E-state index contributed by atoms with van der Waals surface area (Å²) in [5, 5.41) is 11.3. The molecule has 0 aliphatic carbocycles. The van der Waals surface area contributed by atoms with E-state index in [9.17, 15) is 19.7 Å². The average molecular weight is 443 g/mol. The van der Waals surface area contributed by atoms with Crippen LogP contribution in [-0.4, -0.2) is 41.2 Å². The first-order chi connectivity index (χ1) is 15.0. The van der Waals surface area contributed by atoms with Crippen LogP contribution in [0.5, 0.6) is 0 Å². The van der Waals surface area contributed by atoms with Crippen LogP contribution in [0.1, 0.15) is 34.6 Å². The van der Waals surface area contributed by atoms with Crippen molar-refractivity contribution in [1.82, 2.24) is 4.57 Å². The Bertz CT molecular complexity index is 1200. The number of ether oxygens (including phenoxy) is 2. The first-order valence-electron chi connectivity index (χ1n) is 9.67. The van der Waals surface area contributed by atoms with E-state index in [0.717, 1.165) is 10.2 Å². The second-order valence-corrected chi connectivity index (χ2v) is 7.34. The predicted octanol–water partition coefficient (Wildman–Crippen LogP) is 3.57. The first kappa shape index (κ1) is 22.3. The second-order valence-electron chi connectivity index (χ2n) is 6.33. The normalized spacial score (nSPS) is 11.6. The van der Waals surface area contributed by atoms with E-state index in [1.54, 1.807) is 35.8 Å². The van der Waals surface area contributed by atoms with E-state index in [0.29, 0.717) is 30.1 Å². The largest absolute Gasteiger partial charge is 0.462 e. The fourth-order valence-electron chi connectivity index (χ4n) is 2.98. The van der Waals surface area contributed by atoms with Gasteiger partial charge in [0.2, 0.25) is 0 Å². The number of aromatic nitrogens is 1. The molecule has 0 N–H and O–H groups in total. The number of carbonyl (C=O) groups is 2. The monoisotopic (exact) mass is 443 g/mol. The van der Waals surface area contributed by atoms with Crippen molar-refractivity contribution in [3.05, 3.63) is 68.5 Å². The maximum absolute atomic E-state index is 12.8. The van der Waals surface area contributed by atoms with Gasteiger partial charge in [-0.2, -0.15) is 4.99 Å². The molecule has 1 amide bonds. The zero-order chi connectivity index (χ0) is 22.4. The van der Waals surface area contributed by atoms with E-state index in [2.05, 4.69) is 4.99 Å². The van der Waals surface area contributed by atoms with Gasteiger partial charge in [0.15, 0.2) is 4.80 Å². The highest BCUT2D eigenvalue weighted by molar-refractivity contribution is 7.16. The second kappa shape index (κ2) is 10.1. The van der Waals surface area contributed by atoms with Crippen LogP contribution < -0.4 is 4.80 Å². The van der Waals surface area contributed by atoms with Crippen LogP contribution in [0.2, 0.25) is 0 Å². The van der Waals surface area contributed by atoms with Crippen molar-refractivity contribution < 1.29 is 24.0 Å². The summed E-state index contributed by atoms with van der Waals surface area (Å²) in [5.41, 5.74) is 0.771. The molecule has 10 heteroatoms. The fraction of sp³-hybridized carbons (Fsp3) is 0.286. The van der Waals surface area contributed by atoms with Crippen LogP contribution in [0.4, 0.5) is 5.69 Å². The van der Waals surface area contributed by atoms with Gasteiger partial charge in [-0.25, -0.2) is 4.79 Å². The summed E-state index contributed by atoms with van der Waals surface area (Å²) in [7, 11) is 0. The molecule has 3 rings (SSSR count). The molecule has 2 aromatic carbocycles. The van der Waals surface area contributed by atoms with Crippen molar-refractivity contribution in [3.63, 3.8) is 0 Å². The Labute approximate surface area is 181 Å². The first-order valence-corrected chi connectivity index (χ1v) is 10.5. The van der Waals surface area contributed by atoms with Crippen molar-refractivity contribution >= 4 is 39.1 Å². The zero-order valence-electron chi connectivity index (χ0n) is 17.1. The highest BCUT2D eigenvalue weighted by Gasteiger charge is 2.19.